The maximum atomic E-state index is 0. The van der Waals surface area contributed by atoms with Crippen LogP contribution >= 0.6 is 0 Å². The maximum Gasteiger partial charge on any atom is 0 e. The van der Waals surface area contributed by atoms with Crippen molar-refractivity contribution in [2.45, 2.75) is 0 Å². The van der Waals surface area contributed by atoms with E-state index in [1.54, 1.807) is 0 Å². The van der Waals surface area contributed by atoms with Gasteiger partial charge in [0.15, 0.2) is 0 Å². The van der Waals surface area contributed by atoms with Gasteiger partial charge < -0.3 is 0 Å². The summed E-state index contributed by atoms with van der Waals surface area (Å²) in [5.41, 5.74) is 0. The Kier molecular flexibility index (Phi) is 135. The molecule has 0 aliphatic heterocycles. The smallest absolute Gasteiger partial charge is 0 e. The summed E-state index contributed by atoms with van der Waals surface area (Å²) in [5.74, 6) is 0. The quantitative estimate of drug-likeness (QED) is 0.434. The zero-order chi connectivity index (χ0) is 0. The van der Waals surface area contributed by atoms with Crippen LogP contribution in [0.2, 0.25) is 0 Å². The van der Waals surface area contributed by atoms with Crippen LogP contribution in [0.4, 0.5) is 0 Å². The van der Waals surface area contributed by atoms with Gasteiger partial charge in [0.2, 0.25) is 0 Å². The largest absolute Gasteiger partial charge is 0 e. The number of hydrogen-bond acceptors (Lipinski definition) is 0. The molecular weight excluding hydrogens is 459 g/mol. The molecule has 0 saturated carbocycles. The molecule has 0 spiro atoms. The maximum absolute atomic E-state index is 0. The Labute approximate surface area is 79.6 Å². The van der Waals surface area contributed by atoms with Crippen LogP contribution < -0.4 is 0 Å². The third-order valence-corrected chi connectivity index (χ3v) is 0. The van der Waals surface area contributed by atoms with Gasteiger partial charge in [0.1, 0.15) is 0 Å². The molecule has 0 aromatic rings. The van der Waals surface area contributed by atoms with E-state index in [1.165, 1.54) is 0 Å². The minimum absolute atomic E-state index is 0. The molecule has 0 bridgehead atoms. The van der Waals surface area contributed by atoms with Gasteiger partial charge in [-0.2, -0.15) is 0 Å². The third kappa shape index (κ3) is 8.82. The Morgan fingerprint density at radius 2 is 1.00 bits per heavy atom. The molecule has 0 amide bonds. The average Bonchev–Trinajstić information content (AvgIpc) is 0. The fourth-order valence-corrected chi connectivity index (χ4v) is 0. The minimum atomic E-state index is 0. The monoisotopic (exact) mass is 460 g/mol. The first kappa shape index (κ1) is 30.7. The van der Waals surface area contributed by atoms with E-state index in [4.69, 9.17) is 0 Å². The Morgan fingerprint density at radius 1 is 1.00 bits per heavy atom. The fraction of sp³-hybridized carbons (Fsp3) is 0. The van der Waals surface area contributed by atoms with Crippen molar-refractivity contribution in [3.8, 4) is 0 Å². The summed E-state index contributed by atoms with van der Waals surface area (Å²) in [4.78, 5) is 0. The number of rotatable bonds is 0. The van der Waals surface area contributed by atoms with Gasteiger partial charge in [-0.05, 0) is 0 Å². The normalized spacial score (nSPS) is 0. The van der Waals surface area contributed by atoms with Crippen LogP contribution in [0.15, 0.2) is 0 Å². The van der Waals surface area contributed by atoms with Crippen LogP contribution in [-0.4, -0.2) is 17.4 Å². The van der Waals surface area contributed by atoms with Crippen LogP contribution in [0.1, 0.15) is 0 Å². The van der Waals surface area contributed by atoms with Crippen molar-refractivity contribution >= 4 is 17.4 Å². The molecule has 4 heavy (non-hydrogen) atoms. The van der Waals surface area contributed by atoms with Crippen LogP contribution in [-0.2, 0) is 63.4 Å². The molecule has 0 atom stereocenters. The predicted molar refractivity (Wildman–Crippen MR) is 5.75 cm³/mol. The Bertz CT molecular complexity index is 8.00. The van der Waals surface area contributed by atoms with Crippen LogP contribution in [0, 0.1) is 0 Å². The van der Waals surface area contributed by atoms with Crippen molar-refractivity contribution in [1.29, 1.82) is 0 Å². The van der Waals surface area contributed by atoms with Crippen molar-refractivity contribution in [2.24, 2.45) is 0 Å². The average molecular weight is 459 g/mol. The Hall–Kier alpha value is 2.58. The molecular formula is AlHfNiPt. The van der Waals surface area contributed by atoms with E-state index in [0.29, 0.717) is 0 Å². The van der Waals surface area contributed by atoms with Crippen LogP contribution in [0.3, 0.4) is 0 Å². The number of hydrogen-bond donors (Lipinski definition) is 0. The van der Waals surface area contributed by atoms with E-state index >= 15 is 0 Å². The van der Waals surface area contributed by atoms with E-state index in [1.807, 2.05) is 0 Å². The third-order valence-electron chi connectivity index (χ3n) is 0. The van der Waals surface area contributed by atoms with E-state index in [2.05, 4.69) is 0 Å². The van der Waals surface area contributed by atoms with Gasteiger partial charge in [0, 0.05) is 80.8 Å². The summed E-state index contributed by atoms with van der Waals surface area (Å²) >= 11 is 0. The summed E-state index contributed by atoms with van der Waals surface area (Å²) in [6.07, 6.45) is 0. The Morgan fingerprint density at radius 3 is 1.00 bits per heavy atom. The van der Waals surface area contributed by atoms with E-state index in [9.17, 15) is 0 Å². The van der Waals surface area contributed by atoms with Crippen LogP contribution in [0.5, 0.6) is 0 Å². The van der Waals surface area contributed by atoms with Crippen molar-refractivity contribution in [1.82, 2.24) is 0 Å². The van der Waals surface area contributed by atoms with Crippen molar-refractivity contribution in [2.75, 3.05) is 0 Å². The first-order chi connectivity index (χ1) is 0. The summed E-state index contributed by atoms with van der Waals surface area (Å²) in [6.45, 7) is 0. The van der Waals surface area contributed by atoms with Gasteiger partial charge in [-0.3, -0.25) is 0 Å². The van der Waals surface area contributed by atoms with E-state index in [-0.39, 0.29) is 80.8 Å². The molecule has 0 N–H and O–H groups in total. The van der Waals surface area contributed by atoms with Gasteiger partial charge in [0.05, 0.1) is 0 Å². The second-order valence-electron chi connectivity index (χ2n) is 0. The first-order valence-electron chi connectivity index (χ1n) is 0. The minimum Gasteiger partial charge on any atom is 0 e. The second kappa shape index (κ2) is 17.6. The Balaban J connectivity index is 0. The molecule has 0 nitrogen and oxygen atoms in total. The summed E-state index contributed by atoms with van der Waals surface area (Å²) in [6, 6.07) is 0. The van der Waals surface area contributed by atoms with Gasteiger partial charge in [-0.1, -0.05) is 0 Å². The summed E-state index contributed by atoms with van der Waals surface area (Å²) < 4.78 is 0. The zero-order valence-electron chi connectivity index (χ0n) is 1.71. The van der Waals surface area contributed by atoms with Gasteiger partial charge >= 0.3 is 0 Å². The standard InChI is InChI=1S/Al.Hf.Ni.Pt. The molecule has 0 rings (SSSR count). The molecule has 27 valence electrons. The molecule has 0 aromatic carbocycles. The molecule has 0 heterocycles. The SMILES string of the molecule is [Al].[Hf].[Ni].[Pt]. The van der Waals surface area contributed by atoms with Gasteiger partial charge in [-0.25, -0.2) is 0 Å². The first-order valence-corrected chi connectivity index (χ1v) is 0. The topological polar surface area (TPSA) is 0 Å². The molecule has 0 unspecified atom stereocenters. The van der Waals surface area contributed by atoms with Crippen molar-refractivity contribution in [3.05, 3.63) is 0 Å². The van der Waals surface area contributed by atoms with E-state index < -0.39 is 0 Å². The summed E-state index contributed by atoms with van der Waals surface area (Å²) in [7, 11) is 0. The molecule has 0 aromatic heterocycles. The zero-order valence-corrected chi connectivity index (χ0v) is 9.72. The summed E-state index contributed by atoms with van der Waals surface area (Å²) in [5, 5.41) is 0. The molecule has 4 heteroatoms. The van der Waals surface area contributed by atoms with Gasteiger partial charge in [0.25, 0.3) is 0 Å². The van der Waals surface area contributed by atoms with Crippen molar-refractivity contribution in [3.63, 3.8) is 0 Å². The predicted octanol–water partition coefficient (Wildman–Crippen LogP) is -0.388. The van der Waals surface area contributed by atoms with Crippen LogP contribution in [0.25, 0.3) is 0 Å². The molecule has 0 aliphatic rings. The van der Waals surface area contributed by atoms with Gasteiger partial charge in [-0.15, -0.1) is 0 Å². The molecule has 0 fully saturated rings. The molecule has 0 aliphatic carbocycles. The van der Waals surface area contributed by atoms with Crippen molar-refractivity contribution < 1.29 is 63.4 Å². The van der Waals surface area contributed by atoms with E-state index in [0.717, 1.165) is 0 Å². The molecule has 3 radical (unpaired) electrons. The molecule has 0 saturated heterocycles. The second-order valence-corrected chi connectivity index (χ2v) is 0. The fourth-order valence-electron chi connectivity index (χ4n) is 0.